The average Bonchev–Trinajstić information content (AvgIpc) is 1.93. The standard InChI is InChI=1S/C10H12FN/c1-7-2-3-9(11)4-10(7)8-5-12-6-8/h2-4,8,12H,5-6H2,1H3. The van der Waals surface area contributed by atoms with Gasteiger partial charge in [-0.15, -0.1) is 0 Å². The quantitative estimate of drug-likeness (QED) is 0.669. The second-order valence-corrected chi connectivity index (χ2v) is 3.36. The molecule has 1 N–H and O–H groups in total. The molecule has 2 rings (SSSR count). The van der Waals surface area contributed by atoms with Crippen molar-refractivity contribution in [3.05, 3.63) is 35.1 Å². The first kappa shape index (κ1) is 7.74. The highest BCUT2D eigenvalue weighted by molar-refractivity contribution is 5.31. The minimum absolute atomic E-state index is 0.123. The highest BCUT2D eigenvalue weighted by Crippen LogP contribution is 2.23. The van der Waals surface area contributed by atoms with Gasteiger partial charge in [-0.05, 0) is 30.2 Å². The fourth-order valence-electron chi connectivity index (χ4n) is 1.56. The second kappa shape index (κ2) is 2.87. The SMILES string of the molecule is Cc1ccc(F)cc1C1CNC1. The Kier molecular flexibility index (Phi) is 1.85. The van der Waals surface area contributed by atoms with Gasteiger partial charge in [0.1, 0.15) is 5.82 Å². The van der Waals surface area contributed by atoms with Crippen LogP contribution in [-0.4, -0.2) is 13.1 Å². The lowest BCUT2D eigenvalue weighted by atomic mass is 9.90. The number of nitrogens with one attached hydrogen (secondary N) is 1. The Balaban J connectivity index is 2.34. The van der Waals surface area contributed by atoms with Crippen LogP contribution < -0.4 is 5.32 Å². The molecule has 0 saturated carbocycles. The summed E-state index contributed by atoms with van der Waals surface area (Å²) >= 11 is 0. The maximum absolute atomic E-state index is 12.8. The zero-order valence-electron chi connectivity index (χ0n) is 7.10. The number of hydrogen-bond donors (Lipinski definition) is 1. The van der Waals surface area contributed by atoms with Crippen LogP contribution in [0.3, 0.4) is 0 Å². The van der Waals surface area contributed by atoms with Crippen molar-refractivity contribution >= 4 is 0 Å². The summed E-state index contributed by atoms with van der Waals surface area (Å²) in [5.74, 6) is 0.406. The minimum atomic E-state index is -0.123. The van der Waals surface area contributed by atoms with Crippen molar-refractivity contribution in [2.75, 3.05) is 13.1 Å². The Bertz CT molecular complexity index is 292. The van der Waals surface area contributed by atoms with Gasteiger partial charge in [0.25, 0.3) is 0 Å². The van der Waals surface area contributed by atoms with Crippen molar-refractivity contribution in [1.29, 1.82) is 0 Å². The summed E-state index contributed by atoms with van der Waals surface area (Å²) in [6.45, 7) is 4.02. The summed E-state index contributed by atoms with van der Waals surface area (Å²) < 4.78 is 12.8. The summed E-state index contributed by atoms with van der Waals surface area (Å²) in [5, 5.41) is 3.18. The number of hydrogen-bond acceptors (Lipinski definition) is 1. The van der Waals surface area contributed by atoms with Crippen LogP contribution in [0.1, 0.15) is 17.0 Å². The average molecular weight is 165 g/mol. The van der Waals surface area contributed by atoms with Crippen molar-refractivity contribution in [2.24, 2.45) is 0 Å². The van der Waals surface area contributed by atoms with Crippen molar-refractivity contribution < 1.29 is 4.39 Å². The highest BCUT2D eigenvalue weighted by atomic mass is 19.1. The predicted molar refractivity (Wildman–Crippen MR) is 46.7 cm³/mol. The highest BCUT2D eigenvalue weighted by Gasteiger charge is 2.20. The van der Waals surface area contributed by atoms with Crippen LogP contribution in [0.25, 0.3) is 0 Å². The van der Waals surface area contributed by atoms with Crippen LogP contribution in [0, 0.1) is 12.7 Å². The molecule has 0 spiro atoms. The first-order valence-corrected chi connectivity index (χ1v) is 4.24. The molecule has 1 heterocycles. The van der Waals surface area contributed by atoms with E-state index >= 15 is 0 Å². The van der Waals surface area contributed by atoms with Crippen LogP contribution in [-0.2, 0) is 0 Å². The van der Waals surface area contributed by atoms with Gasteiger partial charge in [0.2, 0.25) is 0 Å². The summed E-state index contributed by atoms with van der Waals surface area (Å²) in [6, 6.07) is 5.02. The fourth-order valence-corrected chi connectivity index (χ4v) is 1.56. The molecule has 0 aliphatic carbocycles. The lowest BCUT2D eigenvalue weighted by molar-refractivity contribution is 0.444. The number of benzene rings is 1. The van der Waals surface area contributed by atoms with E-state index in [2.05, 4.69) is 5.32 Å². The molecular formula is C10H12FN. The van der Waals surface area contributed by atoms with E-state index in [0.717, 1.165) is 18.7 Å². The van der Waals surface area contributed by atoms with Gasteiger partial charge >= 0.3 is 0 Å². The third-order valence-electron chi connectivity index (χ3n) is 2.46. The molecule has 1 nitrogen and oxygen atoms in total. The Morgan fingerprint density at radius 3 is 2.75 bits per heavy atom. The van der Waals surface area contributed by atoms with Gasteiger partial charge in [-0.3, -0.25) is 0 Å². The molecule has 1 aromatic carbocycles. The molecule has 0 aromatic heterocycles. The van der Waals surface area contributed by atoms with Gasteiger partial charge in [0.15, 0.2) is 0 Å². The Labute approximate surface area is 71.6 Å². The van der Waals surface area contributed by atoms with E-state index in [1.54, 1.807) is 6.07 Å². The zero-order valence-corrected chi connectivity index (χ0v) is 7.10. The van der Waals surface area contributed by atoms with E-state index in [1.165, 1.54) is 11.6 Å². The number of aryl methyl sites for hydroxylation is 1. The normalized spacial score (nSPS) is 17.5. The minimum Gasteiger partial charge on any atom is -0.315 e. The van der Waals surface area contributed by atoms with E-state index in [4.69, 9.17) is 0 Å². The van der Waals surface area contributed by atoms with Crippen molar-refractivity contribution in [1.82, 2.24) is 5.32 Å². The van der Waals surface area contributed by atoms with Crippen LogP contribution in [0.2, 0.25) is 0 Å². The van der Waals surface area contributed by atoms with Crippen molar-refractivity contribution in [2.45, 2.75) is 12.8 Å². The maximum atomic E-state index is 12.8. The topological polar surface area (TPSA) is 12.0 Å². The van der Waals surface area contributed by atoms with Crippen LogP contribution >= 0.6 is 0 Å². The smallest absolute Gasteiger partial charge is 0.123 e. The van der Waals surface area contributed by atoms with E-state index in [9.17, 15) is 4.39 Å². The largest absolute Gasteiger partial charge is 0.315 e. The summed E-state index contributed by atoms with van der Waals surface area (Å²) in [4.78, 5) is 0. The zero-order chi connectivity index (χ0) is 8.55. The monoisotopic (exact) mass is 165 g/mol. The predicted octanol–water partition coefficient (Wildman–Crippen LogP) is 1.82. The molecule has 0 bridgehead atoms. The molecule has 1 aliphatic heterocycles. The van der Waals surface area contributed by atoms with Crippen molar-refractivity contribution in [3.63, 3.8) is 0 Å². The maximum Gasteiger partial charge on any atom is 0.123 e. The van der Waals surface area contributed by atoms with Gasteiger partial charge in [0, 0.05) is 19.0 Å². The summed E-state index contributed by atoms with van der Waals surface area (Å²) in [5.41, 5.74) is 2.36. The summed E-state index contributed by atoms with van der Waals surface area (Å²) in [6.07, 6.45) is 0. The lowest BCUT2D eigenvalue weighted by Gasteiger charge is -2.28. The van der Waals surface area contributed by atoms with Gasteiger partial charge in [0.05, 0.1) is 0 Å². The Morgan fingerprint density at radius 2 is 2.17 bits per heavy atom. The van der Waals surface area contributed by atoms with Gasteiger partial charge < -0.3 is 5.32 Å². The van der Waals surface area contributed by atoms with E-state index in [-0.39, 0.29) is 5.82 Å². The third kappa shape index (κ3) is 1.23. The molecular weight excluding hydrogens is 153 g/mol. The van der Waals surface area contributed by atoms with Crippen LogP contribution in [0.15, 0.2) is 18.2 Å². The molecule has 0 atom stereocenters. The molecule has 0 amide bonds. The van der Waals surface area contributed by atoms with Crippen LogP contribution in [0.5, 0.6) is 0 Å². The Hall–Kier alpha value is -0.890. The first-order valence-electron chi connectivity index (χ1n) is 4.24. The van der Waals surface area contributed by atoms with Gasteiger partial charge in [-0.2, -0.15) is 0 Å². The molecule has 0 unspecified atom stereocenters. The molecule has 1 aromatic rings. The van der Waals surface area contributed by atoms with E-state index in [1.807, 2.05) is 13.0 Å². The van der Waals surface area contributed by atoms with Crippen molar-refractivity contribution in [3.8, 4) is 0 Å². The molecule has 1 saturated heterocycles. The Morgan fingerprint density at radius 1 is 1.42 bits per heavy atom. The molecule has 1 fully saturated rings. The van der Waals surface area contributed by atoms with Gasteiger partial charge in [-0.25, -0.2) is 4.39 Å². The molecule has 64 valence electrons. The fraction of sp³-hybridized carbons (Fsp3) is 0.400. The number of rotatable bonds is 1. The van der Waals surface area contributed by atoms with Crippen LogP contribution in [0.4, 0.5) is 4.39 Å². The molecule has 1 aliphatic rings. The molecule has 2 heteroatoms. The third-order valence-corrected chi connectivity index (χ3v) is 2.46. The molecule has 12 heavy (non-hydrogen) atoms. The van der Waals surface area contributed by atoms with Gasteiger partial charge in [-0.1, -0.05) is 6.07 Å². The second-order valence-electron chi connectivity index (χ2n) is 3.36. The van der Waals surface area contributed by atoms with E-state index < -0.39 is 0 Å². The molecule has 0 radical (unpaired) electrons. The number of halogens is 1. The van der Waals surface area contributed by atoms with E-state index in [0.29, 0.717) is 5.92 Å². The first-order chi connectivity index (χ1) is 5.77. The summed E-state index contributed by atoms with van der Waals surface area (Å²) in [7, 11) is 0. The lowest BCUT2D eigenvalue weighted by Crippen LogP contribution is -2.40.